The molecule has 3 rings (SSSR count). The Balaban J connectivity index is 1.73. The number of anilines is 2. The van der Waals surface area contributed by atoms with Crippen LogP contribution in [0.15, 0.2) is 22.8 Å². The van der Waals surface area contributed by atoms with Gasteiger partial charge in [-0.3, -0.25) is 4.79 Å². The number of aryl methyl sites for hydroxylation is 1. The van der Waals surface area contributed by atoms with Gasteiger partial charge in [0.2, 0.25) is 0 Å². The standard InChI is InChI=1S/C20H27FN4O6S/c1-12(2)14-8-16(13(3)7-15(14)21)22-19-23-17(9-31-19)18(26)24-32(28,29)25-5-6-30-11-20(4,27)10-25/h7-9,12,27H,5-6,10-11H2,1-4H3,(H,22,23)(H,24,26). The summed E-state index contributed by atoms with van der Waals surface area (Å²) in [6.45, 7) is 6.68. The molecule has 1 saturated heterocycles. The Hall–Kier alpha value is -2.54. The van der Waals surface area contributed by atoms with E-state index in [2.05, 4.69) is 10.3 Å². The number of carbonyl (C=O) groups is 1. The summed E-state index contributed by atoms with van der Waals surface area (Å²) in [4.78, 5) is 16.4. The van der Waals surface area contributed by atoms with Crippen LogP contribution in [0.4, 0.5) is 16.1 Å². The number of ether oxygens (including phenoxy) is 1. The van der Waals surface area contributed by atoms with Gasteiger partial charge in [0.1, 0.15) is 12.1 Å². The molecule has 0 radical (unpaired) electrons. The quantitative estimate of drug-likeness (QED) is 0.584. The normalized spacial score (nSPS) is 20.2. The molecule has 1 aromatic heterocycles. The predicted octanol–water partition coefficient (Wildman–Crippen LogP) is 2.05. The fourth-order valence-corrected chi connectivity index (χ4v) is 4.45. The molecule has 0 bridgehead atoms. The average Bonchev–Trinajstić information content (AvgIpc) is 3.06. The minimum absolute atomic E-state index is 0.0212. The van der Waals surface area contributed by atoms with Gasteiger partial charge in [-0.05, 0) is 43.0 Å². The molecule has 0 saturated carbocycles. The summed E-state index contributed by atoms with van der Waals surface area (Å²) in [6.07, 6.45) is 1.01. The van der Waals surface area contributed by atoms with Crippen molar-refractivity contribution in [1.29, 1.82) is 0 Å². The molecule has 0 spiro atoms. The Kier molecular flexibility index (Phi) is 6.89. The predicted molar refractivity (Wildman–Crippen MR) is 114 cm³/mol. The van der Waals surface area contributed by atoms with E-state index in [-0.39, 0.29) is 49.7 Å². The highest BCUT2D eigenvalue weighted by Gasteiger charge is 2.35. The highest BCUT2D eigenvalue weighted by atomic mass is 32.2. The number of hydrogen-bond donors (Lipinski definition) is 3. The van der Waals surface area contributed by atoms with Gasteiger partial charge in [0.25, 0.3) is 11.9 Å². The Bertz CT molecular complexity index is 1100. The molecule has 1 atom stereocenters. The smallest absolute Gasteiger partial charge is 0.304 e. The number of halogens is 1. The Morgan fingerprint density at radius 3 is 2.78 bits per heavy atom. The van der Waals surface area contributed by atoms with Crippen LogP contribution in [0.25, 0.3) is 0 Å². The molecule has 1 unspecified atom stereocenters. The molecule has 2 heterocycles. The summed E-state index contributed by atoms with van der Waals surface area (Å²) < 4.78 is 52.6. The first kappa shape index (κ1) is 24.1. The molecular weight excluding hydrogens is 443 g/mol. The second kappa shape index (κ2) is 9.14. The van der Waals surface area contributed by atoms with Gasteiger partial charge in [-0.25, -0.2) is 9.11 Å². The second-order valence-electron chi connectivity index (χ2n) is 8.33. The number of nitrogens with one attached hydrogen (secondary N) is 2. The molecule has 3 N–H and O–H groups in total. The van der Waals surface area contributed by atoms with Crippen LogP contribution < -0.4 is 10.0 Å². The van der Waals surface area contributed by atoms with E-state index in [0.717, 1.165) is 10.6 Å². The monoisotopic (exact) mass is 470 g/mol. The summed E-state index contributed by atoms with van der Waals surface area (Å²) >= 11 is 0. The van der Waals surface area contributed by atoms with Crippen LogP contribution in [0.5, 0.6) is 0 Å². The SMILES string of the molecule is Cc1cc(F)c(C(C)C)cc1Nc1nc(C(=O)NS(=O)(=O)N2CCOCC(C)(O)C2)co1. The number of nitrogens with zero attached hydrogens (tertiary/aromatic N) is 2. The van der Waals surface area contributed by atoms with Crippen molar-refractivity contribution in [1.82, 2.24) is 14.0 Å². The lowest BCUT2D eigenvalue weighted by Gasteiger charge is -2.26. The Labute approximate surface area is 186 Å². The van der Waals surface area contributed by atoms with E-state index < -0.39 is 21.7 Å². The number of aliphatic hydroxyl groups is 1. The number of oxazole rings is 1. The molecule has 1 aliphatic rings. The highest BCUT2D eigenvalue weighted by molar-refractivity contribution is 7.87. The molecular formula is C20H27FN4O6S. The fourth-order valence-electron chi connectivity index (χ4n) is 3.22. The third-order valence-corrected chi connectivity index (χ3v) is 6.36. The van der Waals surface area contributed by atoms with Gasteiger partial charge in [0, 0.05) is 18.8 Å². The van der Waals surface area contributed by atoms with Gasteiger partial charge >= 0.3 is 10.2 Å². The van der Waals surface area contributed by atoms with E-state index in [1.54, 1.807) is 13.0 Å². The number of amides is 1. The van der Waals surface area contributed by atoms with Crippen molar-refractivity contribution in [3.8, 4) is 0 Å². The molecule has 1 aromatic carbocycles. The molecule has 32 heavy (non-hydrogen) atoms. The number of β-amino-alcohol motifs (C(OH)–C–C–N with tert-alkyl or cyclic N) is 1. The van der Waals surface area contributed by atoms with E-state index in [1.165, 1.54) is 13.0 Å². The van der Waals surface area contributed by atoms with Crippen LogP contribution in [0.3, 0.4) is 0 Å². The van der Waals surface area contributed by atoms with Crippen LogP contribution in [-0.4, -0.2) is 60.6 Å². The van der Waals surface area contributed by atoms with Crippen molar-refractivity contribution in [2.24, 2.45) is 0 Å². The van der Waals surface area contributed by atoms with Gasteiger partial charge in [-0.1, -0.05) is 13.8 Å². The number of carbonyl (C=O) groups excluding carboxylic acids is 1. The van der Waals surface area contributed by atoms with Crippen molar-refractivity contribution in [2.45, 2.75) is 39.2 Å². The minimum atomic E-state index is -4.25. The molecule has 176 valence electrons. The van der Waals surface area contributed by atoms with E-state index in [4.69, 9.17) is 9.15 Å². The Morgan fingerprint density at radius 1 is 1.38 bits per heavy atom. The van der Waals surface area contributed by atoms with Gasteiger partial charge in [-0.15, -0.1) is 0 Å². The molecule has 12 heteroatoms. The summed E-state index contributed by atoms with van der Waals surface area (Å²) in [6, 6.07) is 2.97. The second-order valence-corrected chi connectivity index (χ2v) is 10.00. The zero-order valence-electron chi connectivity index (χ0n) is 18.3. The fraction of sp³-hybridized carbons (Fsp3) is 0.500. The first-order valence-electron chi connectivity index (χ1n) is 10.0. The number of rotatable bonds is 6. The summed E-state index contributed by atoms with van der Waals surface area (Å²) in [5.74, 6) is -1.36. The molecule has 10 nitrogen and oxygen atoms in total. The number of hydrogen-bond acceptors (Lipinski definition) is 8. The number of aromatic nitrogens is 1. The zero-order chi connectivity index (χ0) is 23.7. The van der Waals surface area contributed by atoms with Gasteiger partial charge in [0.15, 0.2) is 5.69 Å². The first-order valence-corrected chi connectivity index (χ1v) is 11.5. The lowest BCUT2D eigenvalue weighted by Crippen LogP contribution is -2.49. The Morgan fingerprint density at radius 2 is 2.09 bits per heavy atom. The van der Waals surface area contributed by atoms with E-state index in [1.807, 2.05) is 18.6 Å². The van der Waals surface area contributed by atoms with Crippen LogP contribution in [0.2, 0.25) is 0 Å². The molecule has 1 aliphatic heterocycles. The summed E-state index contributed by atoms with van der Waals surface area (Å²) in [7, 11) is -4.25. The maximum Gasteiger partial charge on any atom is 0.304 e. The maximum absolute atomic E-state index is 14.1. The molecule has 1 amide bonds. The van der Waals surface area contributed by atoms with Crippen LogP contribution in [-0.2, 0) is 14.9 Å². The lowest BCUT2D eigenvalue weighted by atomic mass is 10.00. The van der Waals surface area contributed by atoms with Crippen molar-refractivity contribution in [3.63, 3.8) is 0 Å². The maximum atomic E-state index is 14.1. The highest BCUT2D eigenvalue weighted by Crippen LogP contribution is 2.28. The van der Waals surface area contributed by atoms with Gasteiger partial charge in [0.05, 0.1) is 18.8 Å². The van der Waals surface area contributed by atoms with Crippen LogP contribution in [0, 0.1) is 12.7 Å². The van der Waals surface area contributed by atoms with Crippen molar-refractivity contribution < 1.29 is 31.9 Å². The zero-order valence-corrected chi connectivity index (χ0v) is 19.1. The largest absolute Gasteiger partial charge is 0.431 e. The summed E-state index contributed by atoms with van der Waals surface area (Å²) in [5, 5.41) is 13.1. The molecule has 0 aliphatic carbocycles. The van der Waals surface area contributed by atoms with Crippen molar-refractivity contribution in [3.05, 3.63) is 41.0 Å². The third-order valence-electron chi connectivity index (χ3n) is 4.92. The first-order chi connectivity index (χ1) is 14.9. The van der Waals surface area contributed by atoms with Crippen molar-refractivity contribution >= 4 is 27.8 Å². The van der Waals surface area contributed by atoms with Crippen molar-refractivity contribution in [2.75, 3.05) is 31.6 Å². The van der Waals surface area contributed by atoms with Gasteiger partial charge < -0.3 is 19.6 Å². The molecule has 2 aromatic rings. The average molecular weight is 471 g/mol. The van der Waals surface area contributed by atoms with Crippen LogP contribution in [0.1, 0.15) is 48.3 Å². The summed E-state index contributed by atoms with van der Waals surface area (Å²) in [5.41, 5.74) is 0.00226. The van der Waals surface area contributed by atoms with Crippen LogP contribution >= 0.6 is 0 Å². The number of benzene rings is 1. The minimum Gasteiger partial charge on any atom is -0.431 e. The molecule has 1 fully saturated rings. The van der Waals surface area contributed by atoms with E-state index in [0.29, 0.717) is 16.8 Å². The van der Waals surface area contributed by atoms with E-state index >= 15 is 0 Å². The third kappa shape index (κ3) is 5.63. The van der Waals surface area contributed by atoms with Gasteiger partial charge in [-0.2, -0.15) is 17.7 Å². The lowest BCUT2D eigenvalue weighted by molar-refractivity contribution is -0.0174. The topological polar surface area (TPSA) is 134 Å². The van der Waals surface area contributed by atoms with E-state index in [9.17, 15) is 22.7 Å².